The van der Waals surface area contributed by atoms with Crippen molar-refractivity contribution in [1.29, 1.82) is 0 Å². The molecule has 0 aromatic carbocycles. The van der Waals surface area contributed by atoms with Gasteiger partial charge in [0.05, 0.1) is 0 Å². The number of hydrogen-bond acceptors (Lipinski definition) is 3. The van der Waals surface area contributed by atoms with E-state index >= 15 is 0 Å². The second kappa shape index (κ2) is 20.0. The first kappa shape index (κ1) is 24.7. The molecule has 0 amide bonds. The van der Waals surface area contributed by atoms with Gasteiger partial charge in [0, 0.05) is 0 Å². The second-order valence-corrected chi connectivity index (χ2v) is 2.79. The molecule has 0 aliphatic carbocycles. The molecule has 0 saturated carbocycles. The largest absolute Gasteiger partial charge is 3.00 e. The van der Waals surface area contributed by atoms with Crippen molar-refractivity contribution in [3.63, 3.8) is 0 Å². The standard InChI is InChI=1S/3CH4N3S.Ru/c3*2-1(5)4-3;/h3*3H,(H3,2,4,5);/q3*-1;+3. The molecule has 1 radical (unpaired) electrons. The van der Waals surface area contributed by atoms with E-state index in [2.05, 4.69) is 36.7 Å². The smallest absolute Gasteiger partial charge is 0.584 e. The maximum Gasteiger partial charge on any atom is 3.00 e. The van der Waals surface area contributed by atoms with Crippen LogP contribution in [-0.2, 0) is 19.5 Å². The first-order valence-corrected chi connectivity index (χ1v) is 4.20. The van der Waals surface area contributed by atoms with Crippen LogP contribution in [0, 0.1) is 0 Å². The van der Waals surface area contributed by atoms with Gasteiger partial charge in [-0.05, 0) is 36.7 Å². The summed E-state index contributed by atoms with van der Waals surface area (Å²) in [4.78, 5) is 0. The molecule has 95 valence electrons. The summed E-state index contributed by atoms with van der Waals surface area (Å²) < 4.78 is 0. The summed E-state index contributed by atoms with van der Waals surface area (Å²) >= 11 is 12.5. The van der Waals surface area contributed by atoms with Crippen LogP contribution in [0.4, 0.5) is 0 Å². The fourth-order valence-electron chi connectivity index (χ4n) is 0. The molecule has 0 aliphatic heterocycles. The van der Waals surface area contributed by atoms with Gasteiger partial charge in [0.15, 0.2) is 0 Å². The van der Waals surface area contributed by atoms with Crippen LogP contribution < -0.4 is 33.5 Å². The van der Waals surface area contributed by atoms with Crippen LogP contribution in [0.2, 0.25) is 0 Å². The van der Waals surface area contributed by atoms with Crippen LogP contribution in [0.25, 0.3) is 17.5 Å². The Morgan fingerprint density at radius 1 is 0.688 bits per heavy atom. The fraction of sp³-hybridized carbons (Fsp3) is 0. The van der Waals surface area contributed by atoms with E-state index in [1.807, 2.05) is 0 Å². The van der Waals surface area contributed by atoms with Crippen molar-refractivity contribution in [3.05, 3.63) is 17.5 Å². The Labute approximate surface area is 122 Å². The van der Waals surface area contributed by atoms with E-state index < -0.39 is 0 Å². The van der Waals surface area contributed by atoms with Gasteiger partial charge in [-0.1, -0.05) is 0 Å². The number of rotatable bonds is 0. The number of thiocarbonyl (C=S) groups is 3. The van der Waals surface area contributed by atoms with E-state index in [1.54, 1.807) is 16.3 Å². The minimum absolute atomic E-state index is 0. The van der Waals surface area contributed by atoms with Gasteiger partial charge in [0.1, 0.15) is 15.3 Å². The monoisotopic (exact) mass is 372 g/mol. The number of nitrogens with two attached hydrogens (primary N) is 3. The first-order chi connectivity index (χ1) is 6.81. The van der Waals surface area contributed by atoms with Crippen molar-refractivity contribution in [1.82, 2.24) is 16.3 Å². The van der Waals surface area contributed by atoms with Gasteiger partial charge in [-0.25, -0.2) is 0 Å². The molecule has 13 heteroatoms. The quantitative estimate of drug-likeness (QED) is 0.183. The van der Waals surface area contributed by atoms with Gasteiger partial charge >= 0.3 is 19.5 Å². The SMILES string of the molecule is [NH-]NC(N)=S.[NH-]NC(N)=S.[NH-]NC(N)=S.[Ru+3]. The summed E-state index contributed by atoms with van der Waals surface area (Å²) in [5.74, 6) is 18.4. The van der Waals surface area contributed by atoms with Crippen LogP contribution in [0.1, 0.15) is 0 Å². The molecular weight excluding hydrogens is 359 g/mol. The Morgan fingerprint density at radius 3 is 0.750 bits per heavy atom. The van der Waals surface area contributed by atoms with Crippen LogP contribution in [0.15, 0.2) is 0 Å². The van der Waals surface area contributed by atoms with Gasteiger partial charge < -0.3 is 51.0 Å². The average molecular weight is 371 g/mol. The molecular formula is C3H12N9RuS3. The maximum atomic E-state index is 6.14. The Morgan fingerprint density at radius 2 is 0.750 bits per heavy atom. The fourth-order valence-corrected chi connectivity index (χ4v) is 0. The summed E-state index contributed by atoms with van der Waals surface area (Å²) in [7, 11) is 0. The van der Waals surface area contributed by atoms with E-state index in [-0.39, 0.29) is 34.8 Å². The molecule has 0 atom stereocenters. The van der Waals surface area contributed by atoms with Crippen LogP contribution >= 0.6 is 36.7 Å². The predicted octanol–water partition coefficient (Wildman–Crippen LogP) is -0.642. The molecule has 0 saturated heterocycles. The summed E-state index contributed by atoms with van der Waals surface area (Å²) in [5.41, 5.74) is 19.5. The number of hydrogen-bond donors (Lipinski definition) is 6. The maximum absolute atomic E-state index is 6.14. The van der Waals surface area contributed by atoms with Crippen molar-refractivity contribution in [2.75, 3.05) is 0 Å². The molecule has 0 fully saturated rings. The summed E-state index contributed by atoms with van der Waals surface area (Å²) in [5, 5.41) is 0.0139. The molecule has 0 heterocycles. The van der Waals surface area contributed by atoms with Crippen LogP contribution in [-0.4, -0.2) is 15.3 Å². The summed E-state index contributed by atoms with van der Waals surface area (Å²) in [6, 6.07) is 0. The molecule has 0 aliphatic rings. The Kier molecular flexibility index (Phi) is 30.9. The predicted molar refractivity (Wildman–Crippen MR) is 72.7 cm³/mol. The van der Waals surface area contributed by atoms with Gasteiger partial charge in [0.25, 0.3) is 0 Å². The van der Waals surface area contributed by atoms with Crippen molar-refractivity contribution < 1.29 is 19.5 Å². The van der Waals surface area contributed by atoms with Crippen molar-refractivity contribution in [2.45, 2.75) is 0 Å². The third kappa shape index (κ3) is 69.1. The molecule has 9 nitrogen and oxygen atoms in total. The molecule has 12 N–H and O–H groups in total. The molecule has 0 spiro atoms. The topological polar surface area (TPSA) is 186 Å². The minimum Gasteiger partial charge on any atom is -0.584 e. The molecule has 0 unspecified atom stereocenters. The van der Waals surface area contributed by atoms with Gasteiger partial charge in [-0.3, -0.25) is 0 Å². The van der Waals surface area contributed by atoms with Crippen molar-refractivity contribution >= 4 is 52.0 Å². The van der Waals surface area contributed by atoms with Crippen molar-refractivity contribution in [3.8, 4) is 0 Å². The van der Waals surface area contributed by atoms with Gasteiger partial charge in [0.2, 0.25) is 0 Å². The van der Waals surface area contributed by atoms with E-state index in [0.717, 1.165) is 0 Å². The normalized spacial score (nSPS) is 6.19. The Bertz CT molecular complexity index is 165. The molecule has 0 aromatic heterocycles. The summed E-state index contributed by atoms with van der Waals surface area (Å²) in [6.07, 6.45) is 0. The first-order valence-electron chi connectivity index (χ1n) is 2.98. The van der Waals surface area contributed by atoms with Crippen LogP contribution in [0.5, 0.6) is 0 Å². The minimum atomic E-state index is 0. The van der Waals surface area contributed by atoms with Gasteiger partial charge in [-0.2, -0.15) is 0 Å². The Hall–Kier alpha value is -0.427. The van der Waals surface area contributed by atoms with Crippen LogP contribution in [0.3, 0.4) is 0 Å². The molecule has 16 heavy (non-hydrogen) atoms. The molecule has 0 bridgehead atoms. The zero-order valence-corrected chi connectivity index (χ0v) is 12.0. The third-order valence-electron chi connectivity index (χ3n) is 0.370. The molecule has 0 rings (SSSR count). The average Bonchev–Trinajstić information content (AvgIpc) is 2.19. The Balaban J connectivity index is -0.0000000655. The summed E-state index contributed by atoms with van der Waals surface area (Å²) in [6.45, 7) is 0. The number of nitrogens with one attached hydrogen (secondary N) is 6. The van der Waals surface area contributed by atoms with Crippen molar-refractivity contribution in [2.24, 2.45) is 17.2 Å². The third-order valence-corrected chi connectivity index (χ3v) is 0.676. The van der Waals surface area contributed by atoms with Gasteiger partial charge in [-0.15, -0.1) is 0 Å². The zero-order valence-electron chi connectivity index (χ0n) is 7.81. The zero-order chi connectivity index (χ0) is 12.9. The van der Waals surface area contributed by atoms with E-state index in [9.17, 15) is 0 Å². The van der Waals surface area contributed by atoms with E-state index in [1.165, 1.54) is 0 Å². The van der Waals surface area contributed by atoms with E-state index in [4.69, 9.17) is 34.7 Å². The molecule has 0 aromatic rings. The van der Waals surface area contributed by atoms with E-state index in [0.29, 0.717) is 0 Å². The second-order valence-electron chi connectivity index (χ2n) is 1.47.